The zero-order chi connectivity index (χ0) is 8.32. The van der Waals surface area contributed by atoms with Crippen molar-refractivity contribution >= 4 is 7.59 Å². The van der Waals surface area contributed by atoms with Crippen LogP contribution >= 0.6 is 7.59 Å². The summed E-state index contributed by atoms with van der Waals surface area (Å²) in [6.07, 6.45) is 0. The van der Waals surface area contributed by atoms with E-state index in [1.807, 2.05) is 0 Å². The first kappa shape index (κ1) is 9.12. The van der Waals surface area contributed by atoms with Crippen LogP contribution in [0.25, 0.3) is 0 Å². The second kappa shape index (κ2) is 3.62. The maximum Gasteiger partial charge on any atom is 0.287 e. The summed E-state index contributed by atoms with van der Waals surface area (Å²) in [5.41, 5.74) is 10.3. The second-order valence-electron chi connectivity index (χ2n) is 2.55. The van der Waals surface area contributed by atoms with E-state index in [1.54, 1.807) is 5.01 Å². The smallest absolute Gasteiger partial charge is 0.287 e. The van der Waals surface area contributed by atoms with Crippen molar-refractivity contribution in [3.8, 4) is 0 Å². The van der Waals surface area contributed by atoms with Crippen LogP contribution in [0.4, 0.5) is 0 Å². The molecule has 0 atom stereocenters. The number of hydrazine groups is 1. The predicted molar refractivity (Wildman–Crippen MR) is 43.6 cm³/mol. The fourth-order valence-electron chi connectivity index (χ4n) is 0.986. The summed E-state index contributed by atoms with van der Waals surface area (Å²) >= 11 is 0. The molecule has 0 spiro atoms. The molecular formula is C4H14N5OP. The van der Waals surface area contributed by atoms with Gasteiger partial charge >= 0.3 is 0 Å². The number of rotatable bonds is 2. The van der Waals surface area contributed by atoms with Crippen molar-refractivity contribution in [1.82, 2.24) is 15.5 Å². The predicted octanol–water partition coefficient (Wildman–Crippen LogP) is -1.58. The Balaban J connectivity index is 2.30. The molecule has 7 heteroatoms. The Morgan fingerprint density at radius 2 is 1.91 bits per heavy atom. The van der Waals surface area contributed by atoms with Gasteiger partial charge in [-0.15, -0.1) is 0 Å². The number of nitrogens with two attached hydrogens (primary N) is 2. The van der Waals surface area contributed by atoms with Gasteiger partial charge in [0, 0.05) is 26.2 Å². The van der Waals surface area contributed by atoms with E-state index in [0.717, 1.165) is 26.2 Å². The van der Waals surface area contributed by atoms with Crippen LogP contribution in [-0.2, 0) is 4.57 Å². The van der Waals surface area contributed by atoms with Crippen molar-refractivity contribution in [2.75, 3.05) is 26.2 Å². The molecule has 0 bridgehead atoms. The molecular weight excluding hydrogens is 165 g/mol. The number of piperazine rings is 1. The molecule has 1 saturated heterocycles. The van der Waals surface area contributed by atoms with Crippen molar-refractivity contribution < 1.29 is 4.57 Å². The Morgan fingerprint density at radius 1 is 1.36 bits per heavy atom. The topological polar surface area (TPSA) is 96.4 Å². The Labute approximate surface area is 65.8 Å². The molecule has 1 rings (SSSR count). The van der Waals surface area contributed by atoms with E-state index >= 15 is 0 Å². The summed E-state index contributed by atoms with van der Waals surface area (Å²) in [5.74, 6) is 0. The fraction of sp³-hybridized carbons (Fsp3) is 1.00. The van der Waals surface area contributed by atoms with Gasteiger partial charge in [-0.05, 0) is 0 Å². The van der Waals surface area contributed by atoms with Crippen LogP contribution in [-0.4, -0.2) is 31.2 Å². The van der Waals surface area contributed by atoms with Crippen LogP contribution < -0.4 is 21.5 Å². The monoisotopic (exact) mass is 179 g/mol. The highest BCUT2D eigenvalue weighted by Crippen LogP contribution is 2.18. The lowest BCUT2D eigenvalue weighted by Crippen LogP contribution is -2.50. The quantitative estimate of drug-likeness (QED) is 0.382. The molecule has 0 saturated carbocycles. The minimum absolute atomic E-state index is 0.776. The Kier molecular flexibility index (Phi) is 3.00. The molecule has 0 unspecified atom stereocenters. The van der Waals surface area contributed by atoms with E-state index in [-0.39, 0.29) is 0 Å². The number of nitrogens with zero attached hydrogens (tertiary/aromatic N) is 1. The van der Waals surface area contributed by atoms with Crippen LogP contribution in [0, 0.1) is 0 Å². The lowest BCUT2D eigenvalue weighted by molar-refractivity contribution is 0.210. The van der Waals surface area contributed by atoms with E-state index < -0.39 is 7.59 Å². The molecule has 1 aliphatic rings. The number of nitrogens with one attached hydrogen (secondary N) is 2. The van der Waals surface area contributed by atoms with Gasteiger partial charge in [-0.2, -0.15) is 5.20 Å². The van der Waals surface area contributed by atoms with Gasteiger partial charge in [0.1, 0.15) is 0 Å². The molecule has 0 aromatic heterocycles. The molecule has 1 aliphatic heterocycles. The van der Waals surface area contributed by atoms with Gasteiger partial charge in [0.15, 0.2) is 0 Å². The van der Waals surface area contributed by atoms with Crippen LogP contribution in [0.2, 0.25) is 0 Å². The average molecular weight is 179 g/mol. The van der Waals surface area contributed by atoms with E-state index in [0.29, 0.717) is 0 Å². The lowest BCUT2D eigenvalue weighted by Gasteiger charge is -2.28. The Bertz CT molecular complexity index is 162. The van der Waals surface area contributed by atoms with Crippen LogP contribution in [0.3, 0.4) is 0 Å². The second-order valence-corrected chi connectivity index (χ2v) is 4.17. The highest BCUT2D eigenvalue weighted by molar-refractivity contribution is 7.56. The molecule has 66 valence electrons. The van der Waals surface area contributed by atoms with Crippen molar-refractivity contribution in [2.24, 2.45) is 11.0 Å². The standard InChI is InChI=1S/C4H14N5OP/c5-11(6,10)8-9-3-1-7-2-4-9/h7H,1-4H2,(H5,5,6,8,10). The van der Waals surface area contributed by atoms with Crippen molar-refractivity contribution in [3.05, 3.63) is 0 Å². The molecule has 6 N–H and O–H groups in total. The molecule has 11 heavy (non-hydrogen) atoms. The van der Waals surface area contributed by atoms with Gasteiger partial charge in [0.25, 0.3) is 7.59 Å². The molecule has 0 amide bonds. The van der Waals surface area contributed by atoms with Gasteiger partial charge in [-0.1, -0.05) is 0 Å². The molecule has 0 aromatic carbocycles. The summed E-state index contributed by atoms with van der Waals surface area (Å²) in [7, 11) is -3.09. The molecule has 0 aromatic rings. The van der Waals surface area contributed by atoms with Gasteiger partial charge in [-0.3, -0.25) is 15.6 Å². The SMILES string of the molecule is NP(N)(=O)NN1CCNCC1. The Hall–Kier alpha value is 0.0300. The first-order valence-corrected chi connectivity index (χ1v) is 5.33. The minimum Gasteiger partial charge on any atom is -0.314 e. The number of hydrogen-bond acceptors (Lipinski definition) is 3. The summed E-state index contributed by atoms with van der Waals surface area (Å²) in [4.78, 5) is 0. The molecule has 1 heterocycles. The first-order chi connectivity index (χ1) is 5.08. The summed E-state index contributed by atoms with van der Waals surface area (Å²) < 4.78 is 10.9. The largest absolute Gasteiger partial charge is 0.314 e. The van der Waals surface area contributed by atoms with Gasteiger partial charge < -0.3 is 5.32 Å². The normalized spacial score (nSPS) is 22.0. The van der Waals surface area contributed by atoms with Gasteiger partial charge in [0.05, 0.1) is 0 Å². The zero-order valence-electron chi connectivity index (χ0n) is 6.29. The summed E-state index contributed by atoms with van der Waals surface area (Å²) in [5, 5.41) is 7.49. The zero-order valence-corrected chi connectivity index (χ0v) is 7.18. The molecule has 1 fully saturated rings. The van der Waals surface area contributed by atoms with E-state index in [2.05, 4.69) is 10.5 Å². The minimum atomic E-state index is -3.09. The maximum atomic E-state index is 10.9. The van der Waals surface area contributed by atoms with Crippen molar-refractivity contribution in [1.29, 1.82) is 0 Å². The van der Waals surface area contributed by atoms with Gasteiger partial charge in [0.2, 0.25) is 0 Å². The molecule has 0 radical (unpaired) electrons. The lowest BCUT2D eigenvalue weighted by atomic mass is 10.4. The summed E-state index contributed by atoms with van der Waals surface area (Å²) in [6, 6.07) is 0. The van der Waals surface area contributed by atoms with Gasteiger partial charge in [-0.25, -0.2) is 5.01 Å². The fourth-order valence-corrected chi connectivity index (χ4v) is 1.63. The molecule has 6 nitrogen and oxygen atoms in total. The molecule has 0 aliphatic carbocycles. The first-order valence-electron chi connectivity index (χ1n) is 3.49. The van der Waals surface area contributed by atoms with Crippen LogP contribution in [0.1, 0.15) is 0 Å². The Morgan fingerprint density at radius 3 is 2.36 bits per heavy atom. The number of hydrogen-bond donors (Lipinski definition) is 4. The highest BCUT2D eigenvalue weighted by Gasteiger charge is 2.15. The maximum absolute atomic E-state index is 10.9. The van der Waals surface area contributed by atoms with Crippen LogP contribution in [0.5, 0.6) is 0 Å². The van der Waals surface area contributed by atoms with Crippen LogP contribution in [0.15, 0.2) is 0 Å². The van der Waals surface area contributed by atoms with E-state index in [9.17, 15) is 4.57 Å². The third-order valence-electron chi connectivity index (χ3n) is 1.41. The van der Waals surface area contributed by atoms with Crippen molar-refractivity contribution in [2.45, 2.75) is 0 Å². The van der Waals surface area contributed by atoms with E-state index in [4.69, 9.17) is 11.0 Å². The average Bonchev–Trinajstić information content (AvgIpc) is 1.85. The third kappa shape index (κ3) is 3.81. The highest BCUT2D eigenvalue weighted by atomic mass is 31.2. The van der Waals surface area contributed by atoms with E-state index in [1.165, 1.54) is 0 Å². The van der Waals surface area contributed by atoms with Crippen molar-refractivity contribution in [3.63, 3.8) is 0 Å². The summed E-state index contributed by atoms with van der Waals surface area (Å²) in [6.45, 7) is 3.29. The third-order valence-corrected chi connectivity index (χ3v) is 2.01.